The van der Waals surface area contributed by atoms with Gasteiger partial charge in [0.1, 0.15) is 12.4 Å². The molecule has 0 saturated carbocycles. The number of aryl methyl sites for hydroxylation is 2. The van der Waals surface area contributed by atoms with Gasteiger partial charge in [0.25, 0.3) is 17.1 Å². The maximum atomic E-state index is 13.0. The van der Waals surface area contributed by atoms with E-state index in [0.717, 1.165) is 44.2 Å². The fourth-order valence-electron chi connectivity index (χ4n) is 4.10. The van der Waals surface area contributed by atoms with Crippen LogP contribution < -0.4 is 19.5 Å². The minimum atomic E-state index is -0.376. The van der Waals surface area contributed by atoms with E-state index in [4.69, 9.17) is 14.2 Å². The molecule has 1 N–H and O–H groups in total. The van der Waals surface area contributed by atoms with Gasteiger partial charge in [0.05, 0.1) is 18.6 Å². The van der Waals surface area contributed by atoms with E-state index in [1.54, 1.807) is 24.3 Å². The second-order valence-electron chi connectivity index (χ2n) is 9.54. The van der Waals surface area contributed by atoms with Gasteiger partial charge in [-0.05, 0) is 104 Å². The Balaban J connectivity index is 1.37. The zero-order valence-corrected chi connectivity index (χ0v) is 25.9. The number of carbonyl (C=O) groups is 3. The lowest BCUT2D eigenvalue weighted by Crippen LogP contribution is -2.32. The van der Waals surface area contributed by atoms with Crippen molar-refractivity contribution < 1.29 is 28.6 Å². The average molecular weight is 640 g/mol. The lowest BCUT2D eigenvalue weighted by Gasteiger charge is -2.15. The van der Waals surface area contributed by atoms with Crippen LogP contribution in [0.5, 0.6) is 17.2 Å². The second kappa shape index (κ2) is 13.3. The van der Waals surface area contributed by atoms with Crippen LogP contribution in [0.2, 0.25) is 0 Å². The molecule has 4 rings (SSSR count). The fourth-order valence-corrected chi connectivity index (χ4v) is 5.39. The summed E-state index contributed by atoms with van der Waals surface area (Å²) in [6.07, 6.45) is 1.63. The molecule has 3 amide bonds. The highest BCUT2D eigenvalue weighted by Crippen LogP contribution is 2.35. The van der Waals surface area contributed by atoms with Crippen LogP contribution in [-0.4, -0.2) is 48.8 Å². The smallest absolute Gasteiger partial charge is 0.293 e. The summed E-state index contributed by atoms with van der Waals surface area (Å²) in [5, 5.41) is 2.52. The molecule has 1 aliphatic heterocycles. The highest BCUT2D eigenvalue weighted by atomic mass is 79.9. The molecular weight excluding hydrogens is 608 g/mol. The van der Waals surface area contributed by atoms with Crippen molar-refractivity contribution in [2.24, 2.45) is 0 Å². The van der Waals surface area contributed by atoms with E-state index >= 15 is 0 Å². The number of thioether (sulfide) groups is 1. The Morgan fingerprint density at radius 3 is 2.49 bits per heavy atom. The first-order valence-electron chi connectivity index (χ1n) is 12.9. The first-order valence-corrected chi connectivity index (χ1v) is 14.5. The topological polar surface area (TPSA) is 94.2 Å². The van der Waals surface area contributed by atoms with Crippen molar-refractivity contribution in [3.63, 3.8) is 0 Å². The number of carbonyl (C=O) groups excluding carboxylic acids is 3. The number of benzene rings is 3. The summed E-state index contributed by atoms with van der Waals surface area (Å²) in [5.74, 6) is 0.816. The molecule has 1 fully saturated rings. The van der Waals surface area contributed by atoms with E-state index in [1.165, 1.54) is 12.0 Å². The number of rotatable bonds is 10. The van der Waals surface area contributed by atoms with Crippen LogP contribution in [0.4, 0.5) is 10.5 Å². The Morgan fingerprint density at radius 2 is 1.73 bits per heavy atom. The Morgan fingerprint density at radius 1 is 0.951 bits per heavy atom. The van der Waals surface area contributed by atoms with Gasteiger partial charge in [-0.1, -0.05) is 34.1 Å². The number of anilines is 1. The van der Waals surface area contributed by atoms with Crippen LogP contribution in [0.15, 0.2) is 57.9 Å². The van der Waals surface area contributed by atoms with Gasteiger partial charge in [-0.2, -0.15) is 0 Å². The van der Waals surface area contributed by atoms with Gasteiger partial charge in [-0.15, -0.1) is 0 Å². The number of imide groups is 1. The van der Waals surface area contributed by atoms with Crippen molar-refractivity contribution in [1.29, 1.82) is 0 Å². The average Bonchev–Trinajstić information content (AvgIpc) is 3.21. The Hall–Kier alpha value is -3.76. The Kier molecular flexibility index (Phi) is 9.77. The molecule has 0 unspecified atom stereocenters. The van der Waals surface area contributed by atoms with Gasteiger partial charge in [0.15, 0.2) is 18.1 Å². The molecular formula is C31H31BrN2O6S. The summed E-state index contributed by atoms with van der Waals surface area (Å²) in [4.78, 5) is 39.5. The van der Waals surface area contributed by atoms with Gasteiger partial charge in [-0.3, -0.25) is 19.3 Å². The zero-order chi connectivity index (χ0) is 29.7. The number of nitrogens with zero attached hydrogens (tertiary/aromatic N) is 1. The Bertz CT molecular complexity index is 1540. The SMILES string of the molecule is COc1cc(/C=C2\SC(=O)N(CCOc3cc(C)ccc3C)C2=O)ccc1OCC(=O)Nc1ccc(Br)c(C)c1C. The Labute approximate surface area is 252 Å². The van der Waals surface area contributed by atoms with Crippen molar-refractivity contribution >= 4 is 56.5 Å². The largest absolute Gasteiger partial charge is 0.493 e. The minimum Gasteiger partial charge on any atom is -0.493 e. The third kappa shape index (κ3) is 7.31. The summed E-state index contributed by atoms with van der Waals surface area (Å²) in [7, 11) is 1.49. The number of methoxy groups -OCH3 is 1. The summed E-state index contributed by atoms with van der Waals surface area (Å²) >= 11 is 4.37. The van der Waals surface area contributed by atoms with E-state index in [1.807, 2.05) is 58.0 Å². The van der Waals surface area contributed by atoms with Crippen molar-refractivity contribution in [1.82, 2.24) is 4.90 Å². The van der Waals surface area contributed by atoms with Gasteiger partial charge in [-0.25, -0.2) is 0 Å². The van der Waals surface area contributed by atoms with Crippen molar-refractivity contribution in [3.8, 4) is 17.2 Å². The highest BCUT2D eigenvalue weighted by Gasteiger charge is 2.34. The van der Waals surface area contributed by atoms with Crippen LogP contribution in [0.25, 0.3) is 6.08 Å². The van der Waals surface area contributed by atoms with Crippen LogP contribution in [-0.2, 0) is 9.59 Å². The number of hydrogen-bond donors (Lipinski definition) is 1. The molecule has 10 heteroatoms. The molecule has 3 aromatic carbocycles. The van der Waals surface area contributed by atoms with E-state index < -0.39 is 0 Å². The monoisotopic (exact) mass is 638 g/mol. The van der Waals surface area contributed by atoms with Gasteiger partial charge >= 0.3 is 0 Å². The van der Waals surface area contributed by atoms with Crippen molar-refractivity contribution in [2.45, 2.75) is 27.7 Å². The summed E-state index contributed by atoms with van der Waals surface area (Å²) in [6.45, 7) is 7.96. The van der Waals surface area contributed by atoms with E-state index in [2.05, 4.69) is 21.2 Å². The molecule has 0 aliphatic carbocycles. The molecule has 0 spiro atoms. The van der Waals surface area contributed by atoms with Gasteiger partial charge in [0.2, 0.25) is 0 Å². The van der Waals surface area contributed by atoms with Crippen molar-refractivity contribution in [3.05, 3.63) is 85.7 Å². The standard InChI is InChI=1S/C31H31BrN2O6S/c1-18-6-7-19(2)26(14-18)39-13-12-34-30(36)28(41-31(34)37)16-22-8-11-25(27(15-22)38-5)40-17-29(35)33-24-10-9-23(32)20(3)21(24)4/h6-11,14-16H,12-13,17H2,1-5H3,(H,33,35)/b28-16-. The van der Waals surface area contributed by atoms with E-state index in [0.29, 0.717) is 27.7 Å². The van der Waals surface area contributed by atoms with E-state index in [9.17, 15) is 14.4 Å². The maximum Gasteiger partial charge on any atom is 0.293 e. The predicted molar refractivity (Wildman–Crippen MR) is 165 cm³/mol. The van der Waals surface area contributed by atoms with Crippen molar-refractivity contribution in [2.75, 3.05) is 32.2 Å². The number of amides is 3. The minimum absolute atomic E-state index is 0.146. The third-order valence-electron chi connectivity index (χ3n) is 6.63. The van der Waals surface area contributed by atoms with Crippen LogP contribution in [0, 0.1) is 27.7 Å². The normalized spacial score (nSPS) is 14.0. The third-order valence-corrected chi connectivity index (χ3v) is 8.40. The van der Waals surface area contributed by atoms with E-state index in [-0.39, 0.29) is 36.8 Å². The van der Waals surface area contributed by atoms with Crippen LogP contribution in [0.3, 0.4) is 0 Å². The number of ether oxygens (including phenoxy) is 3. The molecule has 0 radical (unpaired) electrons. The fraction of sp³-hybridized carbons (Fsp3) is 0.258. The number of nitrogens with one attached hydrogen (secondary N) is 1. The molecule has 0 bridgehead atoms. The molecule has 214 valence electrons. The molecule has 1 aliphatic rings. The zero-order valence-electron chi connectivity index (χ0n) is 23.5. The maximum absolute atomic E-state index is 13.0. The molecule has 8 nitrogen and oxygen atoms in total. The summed E-state index contributed by atoms with van der Waals surface area (Å²) in [6, 6.07) is 14.7. The van der Waals surface area contributed by atoms with Gasteiger partial charge in [0, 0.05) is 10.2 Å². The summed E-state index contributed by atoms with van der Waals surface area (Å²) in [5.41, 5.74) is 5.43. The van der Waals surface area contributed by atoms with Crippen LogP contribution >= 0.6 is 27.7 Å². The summed E-state index contributed by atoms with van der Waals surface area (Å²) < 4.78 is 18.0. The second-order valence-corrected chi connectivity index (χ2v) is 11.4. The lowest BCUT2D eigenvalue weighted by molar-refractivity contribution is -0.123. The molecule has 0 atom stereocenters. The molecule has 1 saturated heterocycles. The predicted octanol–water partition coefficient (Wildman–Crippen LogP) is 6.82. The van der Waals surface area contributed by atoms with Gasteiger partial charge < -0.3 is 19.5 Å². The number of hydrogen-bond acceptors (Lipinski definition) is 7. The first kappa shape index (κ1) is 30.2. The first-order chi connectivity index (χ1) is 19.6. The number of halogens is 1. The molecule has 1 heterocycles. The molecule has 41 heavy (non-hydrogen) atoms. The van der Waals surface area contributed by atoms with Crippen LogP contribution in [0.1, 0.15) is 27.8 Å². The highest BCUT2D eigenvalue weighted by molar-refractivity contribution is 9.10. The molecule has 0 aromatic heterocycles. The lowest BCUT2D eigenvalue weighted by atomic mass is 10.1. The molecule has 3 aromatic rings. The quantitative estimate of drug-likeness (QED) is 0.243.